The van der Waals surface area contributed by atoms with Gasteiger partial charge in [0.05, 0.1) is 0 Å². The van der Waals surface area contributed by atoms with Gasteiger partial charge in [0.25, 0.3) is 0 Å². The van der Waals surface area contributed by atoms with Gasteiger partial charge in [0.2, 0.25) is 0 Å². The second-order valence-electron chi connectivity index (χ2n) is 6.74. The van der Waals surface area contributed by atoms with Gasteiger partial charge in [-0.15, -0.1) is 6.58 Å². The summed E-state index contributed by atoms with van der Waals surface area (Å²) < 4.78 is 0. The SMILES string of the molecule is C=CC(CCC)(C1CCCCC1)C1CCCCC1. The monoisotopic (exact) mass is 248 g/mol. The van der Waals surface area contributed by atoms with Crippen LogP contribution in [0.25, 0.3) is 0 Å². The maximum absolute atomic E-state index is 4.30. The first kappa shape index (κ1) is 14.2. The summed E-state index contributed by atoms with van der Waals surface area (Å²) in [5.41, 5.74) is 0.496. The number of hydrogen-bond acceptors (Lipinski definition) is 0. The summed E-state index contributed by atoms with van der Waals surface area (Å²) in [4.78, 5) is 0. The van der Waals surface area contributed by atoms with Crippen molar-refractivity contribution in [1.82, 2.24) is 0 Å². The van der Waals surface area contributed by atoms with Crippen molar-refractivity contribution in [2.24, 2.45) is 17.3 Å². The minimum Gasteiger partial charge on any atom is -0.103 e. The molecule has 0 radical (unpaired) electrons. The summed E-state index contributed by atoms with van der Waals surface area (Å²) in [7, 11) is 0. The van der Waals surface area contributed by atoms with Crippen molar-refractivity contribution < 1.29 is 0 Å². The average Bonchev–Trinajstić information content (AvgIpc) is 2.47. The van der Waals surface area contributed by atoms with Crippen LogP contribution >= 0.6 is 0 Å². The van der Waals surface area contributed by atoms with Crippen LogP contribution in [0.2, 0.25) is 0 Å². The summed E-state index contributed by atoms with van der Waals surface area (Å²) >= 11 is 0. The topological polar surface area (TPSA) is 0 Å². The molecule has 0 atom stereocenters. The van der Waals surface area contributed by atoms with Gasteiger partial charge in [0, 0.05) is 0 Å². The highest BCUT2D eigenvalue weighted by Crippen LogP contribution is 2.52. The van der Waals surface area contributed by atoms with Crippen molar-refractivity contribution in [3.05, 3.63) is 12.7 Å². The highest BCUT2D eigenvalue weighted by atomic mass is 14.5. The van der Waals surface area contributed by atoms with E-state index in [2.05, 4.69) is 19.6 Å². The third-order valence-electron chi connectivity index (χ3n) is 5.79. The minimum absolute atomic E-state index is 0.496. The number of allylic oxidation sites excluding steroid dienone is 1. The molecule has 0 aromatic heterocycles. The van der Waals surface area contributed by atoms with Crippen LogP contribution in [0.1, 0.15) is 84.0 Å². The highest BCUT2D eigenvalue weighted by Gasteiger charge is 2.42. The molecule has 0 heteroatoms. The largest absolute Gasteiger partial charge is 0.103 e. The van der Waals surface area contributed by atoms with Crippen molar-refractivity contribution in [3.8, 4) is 0 Å². The lowest BCUT2D eigenvalue weighted by Crippen LogP contribution is -2.38. The molecule has 0 aliphatic heterocycles. The van der Waals surface area contributed by atoms with Gasteiger partial charge < -0.3 is 0 Å². The Hall–Kier alpha value is -0.260. The van der Waals surface area contributed by atoms with Crippen LogP contribution in [-0.4, -0.2) is 0 Å². The third-order valence-corrected chi connectivity index (χ3v) is 5.79. The molecule has 104 valence electrons. The quantitative estimate of drug-likeness (QED) is 0.514. The van der Waals surface area contributed by atoms with Crippen LogP contribution in [0.3, 0.4) is 0 Å². The van der Waals surface area contributed by atoms with E-state index in [1.807, 2.05) is 0 Å². The van der Waals surface area contributed by atoms with Gasteiger partial charge in [-0.25, -0.2) is 0 Å². The Morgan fingerprint density at radius 3 is 1.67 bits per heavy atom. The second-order valence-corrected chi connectivity index (χ2v) is 6.74. The average molecular weight is 248 g/mol. The molecule has 0 aromatic carbocycles. The Balaban J connectivity index is 2.16. The fourth-order valence-electron chi connectivity index (χ4n) is 4.89. The van der Waals surface area contributed by atoms with E-state index >= 15 is 0 Å². The van der Waals surface area contributed by atoms with E-state index in [4.69, 9.17) is 0 Å². The van der Waals surface area contributed by atoms with Gasteiger partial charge in [0.15, 0.2) is 0 Å². The Labute approximate surface area is 114 Å². The van der Waals surface area contributed by atoms with Gasteiger partial charge in [-0.3, -0.25) is 0 Å². The zero-order valence-electron chi connectivity index (χ0n) is 12.4. The first-order valence-corrected chi connectivity index (χ1v) is 8.47. The lowest BCUT2D eigenvalue weighted by Gasteiger charge is -2.48. The van der Waals surface area contributed by atoms with Crippen molar-refractivity contribution >= 4 is 0 Å². The molecule has 0 aromatic rings. The van der Waals surface area contributed by atoms with E-state index in [0.29, 0.717) is 5.41 Å². The fourth-order valence-corrected chi connectivity index (χ4v) is 4.89. The molecule has 18 heavy (non-hydrogen) atoms. The van der Waals surface area contributed by atoms with E-state index in [0.717, 1.165) is 11.8 Å². The molecule has 2 saturated carbocycles. The standard InChI is InChI=1S/C18H32/c1-3-15-18(4-2,16-11-7-5-8-12-16)17-13-9-6-10-14-17/h4,16-17H,2-3,5-15H2,1H3. The molecule has 0 N–H and O–H groups in total. The van der Waals surface area contributed by atoms with Crippen molar-refractivity contribution in [3.63, 3.8) is 0 Å². The molecule has 0 amide bonds. The molecule has 2 rings (SSSR count). The Morgan fingerprint density at radius 1 is 0.889 bits per heavy atom. The Kier molecular flexibility index (Phi) is 5.33. The minimum atomic E-state index is 0.496. The molecular weight excluding hydrogens is 216 g/mol. The smallest absolute Gasteiger partial charge is 0.00645 e. The zero-order valence-corrected chi connectivity index (χ0v) is 12.4. The molecule has 0 spiro atoms. The van der Waals surface area contributed by atoms with Crippen molar-refractivity contribution in [2.75, 3.05) is 0 Å². The van der Waals surface area contributed by atoms with E-state index in [1.54, 1.807) is 0 Å². The number of rotatable bonds is 5. The molecule has 0 nitrogen and oxygen atoms in total. The van der Waals surface area contributed by atoms with E-state index < -0.39 is 0 Å². The summed E-state index contributed by atoms with van der Waals surface area (Å²) in [5.74, 6) is 1.90. The highest BCUT2D eigenvalue weighted by molar-refractivity contribution is 5.04. The molecule has 0 bridgehead atoms. The molecule has 0 unspecified atom stereocenters. The van der Waals surface area contributed by atoms with Crippen molar-refractivity contribution in [1.29, 1.82) is 0 Å². The van der Waals surface area contributed by atoms with Crippen LogP contribution in [0.4, 0.5) is 0 Å². The number of hydrogen-bond donors (Lipinski definition) is 0. The Morgan fingerprint density at radius 2 is 1.33 bits per heavy atom. The predicted molar refractivity (Wildman–Crippen MR) is 80.7 cm³/mol. The van der Waals surface area contributed by atoms with Gasteiger partial charge in [-0.05, 0) is 49.4 Å². The normalized spacial score (nSPS) is 24.1. The lowest BCUT2D eigenvalue weighted by atomic mass is 9.57. The first-order valence-electron chi connectivity index (χ1n) is 8.47. The van der Waals surface area contributed by atoms with Crippen molar-refractivity contribution in [2.45, 2.75) is 84.0 Å². The van der Waals surface area contributed by atoms with Gasteiger partial charge >= 0.3 is 0 Å². The summed E-state index contributed by atoms with van der Waals surface area (Å²) in [5, 5.41) is 0. The molecule has 0 heterocycles. The van der Waals surface area contributed by atoms with E-state index in [1.165, 1.54) is 77.0 Å². The maximum Gasteiger partial charge on any atom is -0.00645 e. The van der Waals surface area contributed by atoms with Crippen LogP contribution in [0.5, 0.6) is 0 Å². The van der Waals surface area contributed by atoms with Crippen LogP contribution in [-0.2, 0) is 0 Å². The third kappa shape index (κ3) is 2.83. The summed E-state index contributed by atoms with van der Waals surface area (Å²) in [6.45, 7) is 6.67. The maximum atomic E-state index is 4.30. The van der Waals surface area contributed by atoms with Crippen LogP contribution < -0.4 is 0 Å². The predicted octanol–water partition coefficient (Wildman–Crippen LogP) is 6.12. The van der Waals surface area contributed by atoms with Crippen LogP contribution in [0.15, 0.2) is 12.7 Å². The fraction of sp³-hybridized carbons (Fsp3) is 0.889. The second kappa shape index (κ2) is 6.78. The summed E-state index contributed by atoms with van der Waals surface area (Å²) in [6.07, 6.45) is 19.9. The summed E-state index contributed by atoms with van der Waals surface area (Å²) in [6, 6.07) is 0. The van der Waals surface area contributed by atoms with E-state index in [-0.39, 0.29) is 0 Å². The molecule has 2 aliphatic rings. The van der Waals surface area contributed by atoms with Crippen LogP contribution in [0, 0.1) is 17.3 Å². The molecule has 2 aliphatic carbocycles. The van der Waals surface area contributed by atoms with E-state index in [9.17, 15) is 0 Å². The zero-order chi connectivity index (χ0) is 12.8. The first-order chi connectivity index (χ1) is 8.83. The van der Waals surface area contributed by atoms with Gasteiger partial charge in [-0.1, -0.05) is 57.9 Å². The molecular formula is C18H32. The Bertz CT molecular complexity index is 223. The lowest BCUT2D eigenvalue weighted by molar-refractivity contribution is 0.0598. The van der Waals surface area contributed by atoms with Gasteiger partial charge in [0.1, 0.15) is 0 Å². The van der Waals surface area contributed by atoms with Gasteiger partial charge in [-0.2, -0.15) is 0 Å². The molecule has 0 saturated heterocycles. The molecule has 2 fully saturated rings.